The average molecular weight is 908 g/mol. The Kier molecular flexibility index (Phi) is 15.3. The lowest BCUT2D eigenvalue weighted by Gasteiger charge is -2.28. The van der Waals surface area contributed by atoms with E-state index < -0.39 is 12.1 Å². The summed E-state index contributed by atoms with van der Waals surface area (Å²) in [6.45, 7) is 2.62. The van der Waals surface area contributed by atoms with Gasteiger partial charge in [0.1, 0.15) is 5.75 Å². The number of rotatable bonds is 7. The summed E-state index contributed by atoms with van der Waals surface area (Å²) in [5, 5.41) is 22.3. The minimum atomic E-state index is -0.735. The van der Waals surface area contributed by atoms with Crippen LogP contribution in [-0.4, -0.2) is 39.1 Å². The van der Waals surface area contributed by atoms with Gasteiger partial charge < -0.3 is 31.4 Å². The molecule has 8 rings (SSSR count). The first-order chi connectivity index (χ1) is 31.5. The summed E-state index contributed by atoms with van der Waals surface area (Å²) in [4.78, 5) is 30.9. The summed E-state index contributed by atoms with van der Waals surface area (Å²) in [6, 6.07) is 27.4. The number of aromatic amines is 1. The Labute approximate surface area is 391 Å². The summed E-state index contributed by atoms with van der Waals surface area (Å²) in [6.07, 6.45) is 14.6. The van der Waals surface area contributed by atoms with Crippen LogP contribution < -0.4 is 16.2 Å². The fourth-order valence-electron chi connectivity index (χ4n) is 9.86. The number of aromatic hydroxyl groups is 2. The molecule has 1 saturated carbocycles. The fourth-order valence-corrected chi connectivity index (χ4v) is 12.4. The summed E-state index contributed by atoms with van der Waals surface area (Å²) < 4.78 is 6.17. The Morgan fingerprint density at radius 2 is 1.72 bits per heavy atom. The van der Waals surface area contributed by atoms with E-state index in [1.807, 2.05) is 53.3 Å². The molecule has 2 heterocycles. The summed E-state index contributed by atoms with van der Waals surface area (Å²) in [5.41, 5.74) is 21.5. The molecule has 1 aliphatic heterocycles. The molecule has 4 atom stereocenters. The lowest BCUT2D eigenvalue weighted by Crippen LogP contribution is -2.22. The molecule has 0 radical (unpaired) electrons. The number of fused-ring (bicyclic) bond motifs is 9. The number of phenols is 2. The molecule has 10 heteroatoms. The van der Waals surface area contributed by atoms with Crippen LogP contribution in [0.2, 0.25) is 0 Å². The van der Waals surface area contributed by atoms with E-state index in [0.717, 1.165) is 89.8 Å². The van der Waals surface area contributed by atoms with E-state index in [4.69, 9.17) is 16.2 Å². The summed E-state index contributed by atoms with van der Waals surface area (Å²) in [5.74, 6) is 9.45. The van der Waals surface area contributed by atoms with Crippen LogP contribution in [0.1, 0.15) is 131 Å². The molecular weight excluding hydrogens is 847 g/mol. The van der Waals surface area contributed by atoms with Gasteiger partial charge in [0.05, 0.1) is 19.2 Å². The number of ketones is 2. The number of phenolic OH excluding ortho intramolecular Hbond substituents is 2. The predicted octanol–water partition coefficient (Wildman–Crippen LogP) is 11.1. The smallest absolute Gasteiger partial charge is 0.165 e. The van der Waals surface area contributed by atoms with Crippen molar-refractivity contribution in [3.8, 4) is 29.1 Å². The number of aryl methyl sites for hydroxylation is 2. The van der Waals surface area contributed by atoms with Crippen LogP contribution >= 0.6 is 21.6 Å². The Hall–Kier alpha value is -5.18. The number of nitrogens with one attached hydrogen (secondary N) is 1. The minimum absolute atomic E-state index is 0.0257. The van der Waals surface area contributed by atoms with Crippen molar-refractivity contribution in [2.75, 3.05) is 12.4 Å². The van der Waals surface area contributed by atoms with Crippen LogP contribution in [-0.2, 0) is 36.2 Å². The third-order valence-electron chi connectivity index (χ3n) is 13.7. The van der Waals surface area contributed by atoms with Gasteiger partial charge in [-0.15, -0.1) is 0 Å². The Morgan fingerprint density at radius 1 is 0.908 bits per heavy atom. The largest absolute Gasteiger partial charge is 0.508 e. The third kappa shape index (κ3) is 11.8. The first-order valence-corrected chi connectivity index (χ1v) is 25.6. The van der Waals surface area contributed by atoms with Gasteiger partial charge in [-0.05, 0) is 138 Å². The quantitative estimate of drug-likeness (QED) is 0.0610. The third-order valence-corrected chi connectivity index (χ3v) is 16.2. The van der Waals surface area contributed by atoms with Crippen molar-refractivity contribution >= 4 is 33.2 Å². The van der Waals surface area contributed by atoms with E-state index in [1.54, 1.807) is 29.1 Å². The van der Waals surface area contributed by atoms with E-state index in [0.29, 0.717) is 60.1 Å². The lowest BCUT2D eigenvalue weighted by atomic mass is 9.78. The molecule has 0 spiro atoms. The van der Waals surface area contributed by atoms with E-state index >= 15 is 0 Å². The zero-order valence-corrected chi connectivity index (χ0v) is 39.0. The summed E-state index contributed by atoms with van der Waals surface area (Å²) >= 11 is 0. The number of benzene rings is 4. The first-order valence-electron chi connectivity index (χ1n) is 23.2. The maximum Gasteiger partial charge on any atom is 0.165 e. The van der Waals surface area contributed by atoms with Crippen molar-refractivity contribution in [2.45, 2.75) is 102 Å². The number of H-pyrrole nitrogens is 1. The highest BCUT2D eigenvalue weighted by molar-refractivity contribution is 8.76. The monoisotopic (exact) mass is 907 g/mol. The Bertz CT molecular complexity index is 2570. The molecule has 1 aromatic heterocycles. The normalized spacial score (nSPS) is 21.5. The zero-order chi connectivity index (χ0) is 45.3. The molecule has 8 nitrogen and oxygen atoms in total. The van der Waals surface area contributed by atoms with Gasteiger partial charge in [0.25, 0.3) is 0 Å². The van der Waals surface area contributed by atoms with Crippen molar-refractivity contribution in [3.63, 3.8) is 0 Å². The standard InChI is InChI=1S/C55H61N3O5S2/c1-36(10-11-37-6-3-2-4-7-37)18-23-55-24-19-40(33-55)34-64-65-35-42-31-45-41(30-46(42)54(56)57)8-5-9-49-44(21-26-58-49)52(62)32-47(45)48-28-39(13-16-50(48)60)22-27-63-53-29-38(14-17-51(53)61)12-15-43(59)20-25-55/h2-4,6-7,13-14,16-17,20-21,25-26,28-31,36,40,47,54,58,60-61H,9-12,15,18-19,22-24,27,32-35,56-57H2,1H3/b25-20-/t36-,40-,47+,55-/m1/s1. The van der Waals surface area contributed by atoms with Gasteiger partial charge >= 0.3 is 0 Å². The second kappa shape index (κ2) is 21.4. The van der Waals surface area contributed by atoms with Crippen molar-refractivity contribution in [1.82, 2.24) is 4.98 Å². The van der Waals surface area contributed by atoms with Gasteiger partial charge in [-0.1, -0.05) is 101 Å². The number of allylic oxidation sites excluding steroid dienone is 2. The molecule has 1 fully saturated rings. The second-order valence-corrected chi connectivity index (χ2v) is 21.0. The van der Waals surface area contributed by atoms with Crippen LogP contribution in [0, 0.1) is 29.1 Å². The number of hydrogen-bond acceptors (Lipinski definition) is 9. The molecule has 8 bridgehead atoms. The van der Waals surface area contributed by atoms with Gasteiger partial charge in [0, 0.05) is 65.3 Å². The van der Waals surface area contributed by atoms with Gasteiger partial charge in [-0.3, -0.25) is 9.59 Å². The van der Waals surface area contributed by atoms with Crippen LogP contribution in [0.25, 0.3) is 0 Å². The molecule has 0 amide bonds. The molecule has 3 aliphatic rings. The highest BCUT2D eigenvalue weighted by atomic mass is 33.1. The Balaban J connectivity index is 1.10. The topological polar surface area (TPSA) is 152 Å². The van der Waals surface area contributed by atoms with E-state index in [2.05, 4.69) is 66.2 Å². The van der Waals surface area contributed by atoms with Gasteiger partial charge in [-0.25, -0.2) is 0 Å². The Morgan fingerprint density at radius 3 is 2.55 bits per heavy atom. The predicted molar refractivity (Wildman–Crippen MR) is 264 cm³/mol. The van der Waals surface area contributed by atoms with E-state index in [9.17, 15) is 19.8 Å². The molecule has 0 saturated heterocycles. The molecule has 65 heavy (non-hydrogen) atoms. The number of ether oxygens (including phenoxy) is 1. The van der Waals surface area contributed by atoms with Crippen molar-refractivity contribution in [3.05, 3.63) is 159 Å². The second-order valence-electron chi connectivity index (χ2n) is 18.5. The number of carbonyl (C=O) groups is 2. The SMILES string of the molecule is C[C@H](CCc1ccccc1)CC[C@]12/C=C\C(=O)CCc3ccc(O)c(c3)OCCc3ccc(O)c(c3)[C@H]3CC(=O)c4cc[nH]c4CC#Cc4cc(C(N)N)c(cc43)CSSC[C@H](CC1)C2. The van der Waals surface area contributed by atoms with Gasteiger partial charge in [0.2, 0.25) is 0 Å². The van der Waals surface area contributed by atoms with Crippen molar-refractivity contribution in [2.24, 2.45) is 28.7 Å². The maximum atomic E-state index is 14.2. The van der Waals surface area contributed by atoms with Crippen molar-refractivity contribution in [1.29, 1.82) is 0 Å². The highest BCUT2D eigenvalue weighted by Crippen LogP contribution is 2.49. The molecule has 5 aromatic rings. The molecule has 0 unspecified atom stereocenters. The van der Waals surface area contributed by atoms with E-state index in [-0.39, 0.29) is 41.5 Å². The molecule has 4 aromatic carbocycles. The number of nitrogens with two attached hydrogens (primary N) is 2. The molecular formula is C55H61N3O5S2. The number of carbonyl (C=O) groups excluding carboxylic acids is 2. The zero-order valence-electron chi connectivity index (χ0n) is 37.3. The molecule has 338 valence electrons. The van der Waals surface area contributed by atoms with Gasteiger partial charge in [0.15, 0.2) is 23.1 Å². The average Bonchev–Trinajstić information content (AvgIpc) is 3.96. The van der Waals surface area contributed by atoms with Crippen LogP contribution in [0.3, 0.4) is 0 Å². The molecule has 2 aliphatic carbocycles. The fraction of sp³-hybridized carbons (Fsp3) is 0.382. The van der Waals surface area contributed by atoms with Crippen LogP contribution in [0.4, 0.5) is 0 Å². The first kappa shape index (κ1) is 46.4. The molecule has 7 N–H and O–H groups in total. The number of hydrogen-bond donors (Lipinski definition) is 5. The van der Waals surface area contributed by atoms with Gasteiger partial charge in [-0.2, -0.15) is 0 Å². The summed E-state index contributed by atoms with van der Waals surface area (Å²) in [7, 11) is 3.66. The number of Topliss-reactive ketones (excluding diaryl/α,β-unsaturated/α-hetero) is 1. The highest BCUT2D eigenvalue weighted by Gasteiger charge is 2.37. The van der Waals surface area contributed by atoms with Crippen molar-refractivity contribution < 1.29 is 24.5 Å². The van der Waals surface area contributed by atoms with E-state index in [1.165, 1.54) is 5.56 Å². The lowest BCUT2D eigenvalue weighted by molar-refractivity contribution is -0.114. The minimum Gasteiger partial charge on any atom is -0.508 e. The van der Waals surface area contributed by atoms with Crippen LogP contribution in [0.5, 0.6) is 17.2 Å². The maximum absolute atomic E-state index is 14.2. The van der Waals surface area contributed by atoms with Crippen LogP contribution in [0.15, 0.2) is 103 Å². The number of aromatic nitrogens is 1.